The molecule has 19 heavy (non-hydrogen) atoms. The van der Waals surface area contributed by atoms with Gasteiger partial charge in [-0.1, -0.05) is 11.6 Å². The first-order chi connectivity index (χ1) is 9.00. The van der Waals surface area contributed by atoms with Gasteiger partial charge in [-0.15, -0.1) is 0 Å². The van der Waals surface area contributed by atoms with E-state index in [0.29, 0.717) is 0 Å². The van der Waals surface area contributed by atoms with E-state index in [-0.39, 0.29) is 30.3 Å². The third-order valence-corrected chi connectivity index (χ3v) is 3.11. The topological polar surface area (TPSA) is 72.6 Å². The zero-order chi connectivity index (χ0) is 14.0. The molecular formula is C12H12ClFN2O3. The first kappa shape index (κ1) is 13.8. The molecule has 0 spiro atoms. The zero-order valence-corrected chi connectivity index (χ0v) is 10.7. The monoisotopic (exact) mass is 286 g/mol. The van der Waals surface area contributed by atoms with E-state index in [9.17, 15) is 14.0 Å². The number of hydrogen-bond donors (Lipinski definition) is 1. The standard InChI is InChI=1S/C12H12ClFN2O3/c13-7-1-2-9(14)8(5-7)12(18)16-3-4-19-6-10(16)11(15)17/h1-2,5,10H,3-4,6H2,(H2,15,17). The summed E-state index contributed by atoms with van der Waals surface area (Å²) in [6.07, 6.45) is 0. The molecule has 1 fully saturated rings. The molecule has 1 aliphatic rings. The summed E-state index contributed by atoms with van der Waals surface area (Å²) in [7, 11) is 0. The molecule has 0 bridgehead atoms. The number of rotatable bonds is 2. The molecule has 1 unspecified atom stereocenters. The zero-order valence-electron chi connectivity index (χ0n) is 9.94. The molecule has 7 heteroatoms. The van der Waals surface area contributed by atoms with Gasteiger partial charge in [0.25, 0.3) is 5.91 Å². The number of carbonyl (C=O) groups is 2. The molecule has 1 heterocycles. The predicted molar refractivity (Wildman–Crippen MR) is 66.2 cm³/mol. The van der Waals surface area contributed by atoms with E-state index >= 15 is 0 Å². The number of hydrogen-bond acceptors (Lipinski definition) is 3. The van der Waals surface area contributed by atoms with Crippen molar-refractivity contribution in [1.82, 2.24) is 4.90 Å². The van der Waals surface area contributed by atoms with Crippen molar-refractivity contribution < 1.29 is 18.7 Å². The largest absolute Gasteiger partial charge is 0.377 e. The summed E-state index contributed by atoms with van der Waals surface area (Å²) in [4.78, 5) is 24.7. The molecule has 0 saturated carbocycles. The van der Waals surface area contributed by atoms with Crippen molar-refractivity contribution in [3.63, 3.8) is 0 Å². The van der Waals surface area contributed by atoms with Gasteiger partial charge in [-0.25, -0.2) is 4.39 Å². The predicted octanol–water partition coefficient (Wildman–Crippen LogP) is 0.805. The van der Waals surface area contributed by atoms with Crippen LogP contribution in [0.1, 0.15) is 10.4 Å². The third-order valence-electron chi connectivity index (χ3n) is 2.88. The number of carbonyl (C=O) groups excluding carboxylic acids is 2. The smallest absolute Gasteiger partial charge is 0.257 e. The maximum absolute atomic E-state index is 13.6. The lowest BCUT2D eigenvalue weighted by Crippen LogP contribution is -2.54. The Hall–Kier alpha value is -1.66. The highest BCUT2D eigenvalue weighted by Crippen LogP contribution is 2.19. The fourth-order valence-corrected chi connectivity index (χ4v) is 2.07. The van der Waals surface area contributed by atoms with Crippen molar-refractivity contribution in [2.24, 2.45) is 5.73 Å². The van der Waals surface area contributed by atoms with Gasteiger partial charge >= 0.3 is 0 Å². The summed E-state index contributed by atoms with van der Waals surface area (Å²) in [5.41, 5.74) is 5.03. The van der Waals surface area contributed by atoms with Gasteiger partial charge in [-0.2, -0.15) is 0 Å². The van der Waals surface area contributed by atoms with Crippen LogP contribution in [0.25, 0.3) is 0 Å². The quantitative estimate of drug-likeness (QED) is 0.874. The minimum absolute atomic E-state index is 0.0171. The molecule has 5 nitrogen and oxygen atoms in total. The maximum atomic E-state index is 13.6. The summed E-state index contributed by atoms with van der Waals surface area (Å²) in [6, 6.07) is 2.79. The number of nitrogens with two attached hydrogens (primary N) is 1. The number of morpholine rings is 1. The molecule has 0 aromatic heterocycles. The van der Waals surface area contributed by atoms with Crippen LogP contribution in [0.4, 0.5) is 4.39 Å². The molecule has 2 rings (SSSR count). The number of nitrogens with zero attached hydrogens (tertiary/aromatic N) is 1. The van der Waals surface area contributed by atoms with Crippen LogP contribution in [-0.2, 0) is 9.53 Å². The Morgan fingerprint density at radius 3 is 2.89 bits per heavy atom. The Labute approximate surface area is 114 Å². The molecule has 1 saturated heterocycles. The highest BCUT2D eigenvalue weighted by molar-refractivity contribution is 6.31. The average Bonchev–Trinajstić information content (AvgIpc) is 2.40. The van der Waals surface area contributed by atoms with Crippen molar-refractivity contribution in [3.8, 4) is 0 Å². The Balaban J connectivity index is 2.31. The first-order valence-electron chi connectivity index (χ1n) is 5.64. The fraction of sp³-hybridized carbons (Fsp3) is 0.333. The second-order valence-electron chi connectivity index (χ2n) is 4.12. The Morgan fingerprint density at radius 1 is 1.47 bits per heavy atom. The van der Waals surface area contributed by atoms with Crippen molar-refractivity contribution >= 4 is 23.4 Å². The van der Waals surface area contributed by atoms with Gasteiger partial charge in [-0.3, -0.25) is 9.59 Å². The Bertz CT molecular complexity index is 524. The highest BCUT2D eigenvalue weighted by atomic mass is 35.5. The summed E-state index contributed by atoms with van der Waals surface area (Å²) in [6.45, 7) is 0.472. The minimum Gasteiger partial charge on any atom is -0.377 e. The number of benzene rings is 1. The molecule has 102 valence electrons. The van der Waals surface area contributed by atoms with Crippen LogP contribution in [0.2, 0.25) is 5.02 Å². The number of amides is 2. The van der Waals surface area contributed by atoms with Crippen LogP contribution in [0.15, 0.2) is 18.2 Å². The van der Waals surface area contributed by atoms with Crippen molar-refractivity contribution in [1.29, 1.82) is 0 Å². The summed E-state index contributed by atoms with van der Waals surface area (Å²) in [5.74, 6) is -1.99. The van der Waals surface area contributed by atoms with Crippen LogP contribution in [-0.4, -0.2) is 42.5 Å². The molecule has 2 amide bonds. The van der Waals surface area contributed by atoms with Gasteiger partial charge in [-0.05, 0) is 18.2 Å². The maximum Gasteiger partial charge on any atom is 0.257 e. The lowest BCUT2D eigenvalue weighted by atomic mass is 10.1. The molecule has 2 N–H and O–H groups in total. The van der Waals surface area contributed by atoms with Gasteiger partial charge in [0.15, 0.2) is 0 Å². The van der Waals surface area contributed by atoms with E-state index in [0.717, 1.165) is 6.07 Å². The van der Waals surface area contributed by atoms with Crippen LogP contribution < -0.4 is 5.73 Å². The highest BCUT2D eigenvalue weighted by Gasteiger charge is 2.33. The van der Waals surface area contributed by atoms with E-state index in [1.165, 1.54) is 17.0 Å². The lowest BCUT2D eigenvalue weighted by Gasteiger charge is -2.33. The lowest BCUT2D eigenvalue weighted by molar-refractivity contribution is -0.127. The number of primary amides is 1. The van der Waals surface area contributed by atoms with Crippen molar-refractivity contribution in [2.75, 3.05) is 19.8 Å². The summed E-state index contributed by atoms with van der Waals surface area (Å²) < 4.78 is 18.7. The minimum atomic E-state index is -0.889. The fourth-order valence-electron chi connectivity index (χ4n) is 1.90. The molecule has 1 aliphatic heterocycles. The molecule has 0 radical (unpaired) electrons. The molecular weight excluding hydrogens is 275 g/mol. The van der Waals surface area contributed by atoms with E-state index in [1.807, 2.05) is 0 Å². The van der Waals surface area contributed by atoms with Gasteiger partial charge in [0.05, 0.1) is 18.8 Å². The second kappa shape index (κ2) is 5.54. The third kappa shape index (κ3) is 2.85. The Morgan fingerprint density at radius 2 is 2.21 bits per heavy atom. The molecule has 1 aromatic rings. The molecule has 1 aromatic carbocycles. The molecule has 0 aliphatic carbocycles. The van der Waals surface area contributed by atoms with Crippen LogP contribution in [0.5, 0.6) is 0 Å². The SMILES string of the molecule is NC(=O)C1COCCN1C(=O)c1cc(Cl)ccc1F. The van der Waals surface area contributed by atoms with Gasteiger partial charge in [0, 0.05) is 11.6 Å². The molecule has 1 atom stereocenters. The average molecular weight is 287 g/mol. The second-order valence-corrected chi connectivity index (χ2v) is 4.55. The number of halogens is 2. The van der Waals surface area contributed by atoms with Gasteiger partial charge < -0.3 is 15.4 Å². The van der Waals surface area contributed by atoms with E-state index < -0.39 is 23.7 Å². The Kier molecular flexibility index (Phi) is 4.01. The van der Waals surface area contributed by atoms with E-state index in [1.54, 1.807) is 0 Å². The summed E-state index contributed by atoms with van der Waals surface area (Å²) in [5, 5.41) is 0.244. The van der Waals surface area contributed by atoms with Crippen molar-refractivity contribution in [2.45, 2.75) is 6.04 Å². The van der Waals surface area contributed by atoms with Crippen LogP contribution >= 0.6 is 11.6 Å². The normalized spacial score (nSPS) is 19.3. The summed E-state index contributed by atoms with van der Waals surface area (Å²) >= 11 is 5.75. The van der Waals surface area contributed by atoms with Crippen LogP contribution in [0, 0.1) is 5.82 Å². The first-order valence-corrected chi connectivity index (χ1v) is 6.01. The van der Waals surface area contributed by atoms with E-state index in [4.69, 9.17) is 22.1 Å². The van der Waals surface area contributed by atoms with Gasteiger partial charge in [0.2, 0.25) is 5.91 Å². The number of ether oxygens (including phenoxy) is 1. The van der Waals surface area contributed by atoms with E-state index in [2.05, 4.69) is 0 Å². The van der Waals surface area contributed by atoms with Crippen molar-refractivity contribution in [3.05, 3.63) is 34.6 Å². The van der Waals surface area contributed by atoms with Crippen LogP contribution in [0.3, 0.4) is 0 Å². The van der Waals surface area contributed by atoms with Gasteiger partial charge in [0.1, 0.15) is 11.9 Å².